The van der Waals surface area contributed by atoms with Gasteiger partial charge in [0.1, 0.15) is 0 Å². The van der Waals surface area contributed by atoms with Crippen molar-refractivity contribution in [2.75, 3.05) is 0 Å². The highest BCUT2D eigenvalue weighted by Gasteiger charge is 2.19. The Labute approximate surface area is 327 Å². The van der Waals surface area contributed by atoms with Crippen LogP contribution in [0.3, 0.4) is 0 Å². The number of nitrogens with zero attached hydrogens (tertiary/aromatic N) is 4. The Balaban J connectivity index is 1.09. The maximum Gasteiger partial charge on any atom is 0.164 e. The third kappa shape index (κ3) is 5.48. The third-order valence-electron chi connectivity index (χ3n) is 10.6. The van der Waals surface area contributed by atoms with Gasteiger partial charge in [0, 0.05) is 53.3 Å². The zero-order chi connectivity index (χ0) is 37.0. The largest absolute Gasteiger partial charge is 0.309 e. The summed E-state index contributed by atoms with van der Waals surface area (Å²) in [6, 6.07) is 68.8. The molecule has 0 radical (unpaired) electrons. The van der Waals surface area contributed by atoms with Crippen LogP contribution in [0.25, 0.3) is 104 Å². The topological polar surface area (TPSA) is 43.6 Å². The van der Waals surface area contributed by atoms with Crippen LogP contribution in [0.15, 0.2) is 194 Å². The summed E-state index contributed by atoms with van der Waals surface area (Å²) in [7, 11) is 0. The first-order chi connectivity index (χ1) is 27.7. The van der Waals surface area contributed by atoms with Crippen molar-refractivity contribution in [2.24, 2.45) is 0 Å². The normalized spacial score (nSPS) is 11.6. The molecule has 0 aliphatic heterocycles. The second-order valence-electron chi connectivity index (χ2n) is 14.0. The average molecular weight is 733 g/mol. The molecular weight excluding hydrogens is 701 g/mol. The molecule has 5 heteroatoms. The van der Waals surface area contributed by atoms with E-state index in [4.69, 9.17) is 15.0 Å². The van der Waals surface area contributed by atoms with Crippen LogP contribution in [0.2, 0.25) is 0 Å². The van der Waals surface area contributed by atoms with Crippen molar-refractivity contribution >= 4 is 53.3 Å². The second-order valence-corrected chi connectivity index (χ2v) is 15.1. The Morgan fingerprint density at radius 3 is 1.50 bits per heavy atom. The Hall–Kier alpha value is -7.21. The van der Waals surface area contributed by atoms with E-state index in [0.717, 1.165) is 22.4 Å². The van der Waals surface area contributed by atoms with Crippen molar-refractivity contribution < 1.29 is 0 Å². The lowest BCUT2D eigenvalue weighted by atomic mass is 9.94. The molecule has 11 aromatic rings. The van der Waals surface area contributed by atoms with Gasteiger partial charge >= 0.3 is 0 Å². The number of para-hydroxylation sites is 1. The first-order valence-electron chi connectivity index (χ1n) is 18.8. The molecule has 0 aliphatic carbocycles. The molecule has 56 heavy (non-hydrogen) atoms. The van der Waals surface area contributed by atoms with Gasteiger partial charge in [0.25, 0.3) is 0 Å². The molecule has 11 rings (SSSR count). The first kappa shape index (κ1) is 32.2. The van der Waals surface area contributed by atoms with E-state index in [2.05, 4.69) is 138 Å². The number of hydrogen-bond acceptors (Lipinski definition) is 4. The summed E-state index contributed by atoms with van der Waals surface area (Å²) in [6.45, 7) is 0. The van der Waals surface area contributed by atoms with Crippen LogP contribution in [0.1, 0.15) is 0 Å². The quantitative estimate of drug-likeness (QED) is 0.171. The fourth-order valence-electron chi connectivity index (χ4n) is 8.00. The molecule has 0 amide bonds. The summed E-state index contributed by atoms with van der Waals surface area (Å²) in [5, 5.41) is 4.96. The molecule has 4 nitrogen and oxygen atoms in total. The molecule has 0 bridgehead atoms. The van der Waals surface area contributed by atoms with Crippen LogP contribution in [0.4, 0.5) is 0 Å². The standard InChI is InChI=1S/C51H32N4S/c1-5-15-33(16-6-1)38-29-43(34-17-7-2-8-18-34)48-42-23-13-14-24-44(42)55(45(48)30-38)39-26-28-41-40-27-25-37(31-46(40)56-47(41)32-39)51-53-49(35-19-9-3-10-20-35)52-50(54-51)36-21-11-4-12-22-36/h1-32H. The lowest BCUT2D eigenvalue weighted by Crippen LogP contribution is -1.99. The molecule has 0 fully saturated rings. The van der Waals surface area contributed by atoms with Crippen molar-refractivity contribution in [3.8, 4) is 62.1 Å². The molecule has 3 heterocycles. The van der Waals surface area contributed by atoms with E-state index in [-0.39, 0.29) is 0 Å². The van der Waals surface area contributed by atoms with E-state index in [1.165, 1.54) is 64.2 Å². The van der Waals surface area contributed by atoms with Crippen LogP contribution >= 0.6 is 11.3 Å². The Morgan fingerprint density at radius 2 is 0.857 bits per heavy atom. The summed E-state index contributed by atoms with van der Waals surface area (Å²) >= 11 is 1.81. The zero-order valence-electron chi connectivity index (χ0n) is 30.2. The predicted octanol–water partition coefficient (Wildman–Crippen LogP) is 13.7. The minimum absolute atomic E-state index is 0.659. The predicted molar refractivity (Wildman–Crippen MR) is 234 cm³/mol. The summed E-state index contributed by atoms with van der Waals surface area (Å²) in [5.74, 6) is 1.98. The first-order valence-corrected chi connectivity index (χ1v) is 19.6. The van der Waals surface area contributed by atoms with Gasteiger partial charge in [-0.25, -0.2) is 15.0 Å². The average Bonchev–Trinajstić information content (AvgIpc) is 3.82. The van der Waals surface area contributed by atoms with Crippen molar-refractivity contribution in [2.45, 2.75) is 0 Å². The number of thiophene rings is 1. The Bertz CT molecular complexity index is 3170. The van der Waals surface area contributed by atoms with Gasteiger partial charge < -0.3 is 4.57 Å². The smallest absolute Gasteiger partial charge is 0.164 e. The van der Waals surface area contributed by atoms with Crippen LogP contribution in [-0.2, 0) is 0 Å². The highest BCUT2D eigenvalue weighted by molar-refractivity contribution is 7.25. The lowest BCUT2D eigenvalue weighted by molar-refractivity contribution is 1.07. The van der Waals surface area contributed by atoms with E-state index >= 15 is 0 Å². The Morgan fingerprint density at radius 1 is 0.339 bits per heavy atom. The lowest BCUT2D eigenvalue weighted by Gasteiger charge is -2.12. The molecule has 262 valence electrons. The van der Waals surface area contributed by atoms with E-state index in [0.29, 0.717) is 17.5 Å². The van der Waals surface area contributed by atoms with Crippen molar-refractivity contribution in [3.05, 3.63) is 194 Å². The molecule has 0 saturated carbocycles. The molecule has 0 unspecified atom stereocenters. The van der Waals surface area contributed by atoms with E-state index in [9.17, 15) is 0 Å². The molecule has 0 atom stereocenters. The van der Waals surface area contributed by atoms with Gasteiger partial charge in [-0.15, -0.1) is 11.3 Å². The van der Waals surface area contributed by atoms with Crippen LogP contribution < -0.4 is 0 Å². The van der Waals surface area contributed by atoms with Gasteiger partial charge in [-0.2, -0.15) is 0 Å². The van der Waals surface area contributed by atoms with Gasteiger partial charge in [-0.3, -0.25) is 0 Å². The number of hydrogen-bond donors (Lipinski definition) is 0. The van der Waals surface area contributed by atoms with Crippen molar-refractivity contribution in [1.29, 1.82) is 0 Å². The van der Waals surface area contributed by atoms with Gasteiger partial charge in [0.15, 0.2) is 17.5 Å². The van der Waals surface area contributed by atoms with Crippen LogP contribution in [-0.4, -0.2) is 19.5 Å². The third-order valence-corrected chi connectivity index (χ3v) is 11.8. The minimum atomic E-state index is 0.659. The molecule has 0 aliphatic rings. The maximum absolute atomic E-state index is 5.00. The van der Waals surface area contributed by atoms with E-state index < -0.39 is 0 Å². The summed E-state index contributed by atoms with van der Waals surface area (Å²) in [4.78, 5) is 14.9. The van der Waals surface area contributed by atoms with Crippen LogP contribution in [0, 0.1) is 0 Å². The number of rotatable bonds is 6. The summed E-state index contributed by atoms with van der Waals surface area (Å²) < 4.78 is 4.87. The van der Waals surface area contributed by atoms with E-state index in [1.807, 2.05) is 72.0 Å². The SMILES string of the molecule is c1ccc(-c2cc(-c3ccccc3)c3c4ccccc4n(-c4ccc5c(c4)sc4cc(-c6nc(-c7ccccc7)nc(-c7ccccc7)n6)ccc45)c3c2)cc1. The fraction of sp³-hybridized carbons (Fsp3) is 0. The van der Waals surface area contributed by atoms with E-state index in [1.54, 1.807) is 0 Å². The number of benzene rings is 8. The summed E-state index contributed by atoms with van der Waals surface area (Å²) in [5.41, 5.74) is 11.2. The Kier molecular flexibility index (Phi) is 7.64. The molecule has 0 spiro atoms. The van der Waals surface area contributed by atoms with Gasteiger partial charge in [0.2, 0.25) is 0 Å². The molecule has 0 saturated heterocycles. The molecule has 8 aromatic carbocycles. The van der Waals surface area contributed by atoms with Gasteiger partial charge in [0.05, 0.1) is 11.0 Å². The minimum Gasteiger partial charge on any atom is -0.309 e. The second kappa shape index (κ2) is 13.3. The molecule has 0 N–H and O–H groups in total. The summed E-state index contributed by atoms with van der Waals surface area (Å²) in [6.07, 6.45) is 0. The highest BCUT2D eigenvalue weighted by atomic mass is 32.1. The molecular formula is C51H32N4S. The maximum atomic E-state index is 5.00. The number of fused-ring (bicyclic) bond motifs is 6. The van der Waals surface area contributed by atoms with Crippen molar-refractivity contribution in [3.63, 3.8) is 0 Å². The molecule has 3 aromatic heterocycles. The number of aromatic nitrogens is 4. The zero-order valence-corrected chi connectivity index (χ0v) is 31.0. The monoisotopic (exact) mass is 732 g/mol. The van der Waals surface area contributed by atoms with Crippen LogP contribution in [0.5, 0.6) is 0 Å². The fourth-order valence-corrected chi connectivity index (χ4v) is 9.18. The van der Waals surface area contributed by atoms with Gasteiger partial charge in [-0.05, 0) is 58.7 Å². The highest BCUT2D eigenvalue weighted by Crippen LogP contribution is 2.43. The van der Waals surface area contributed by atoms with Crippen molar-refractivity contribution in [1.82, 2.24) is 19.5 Å². The van der Waals surface area contributed by atoms with Gasteiger partial charge in [-0.1, -0.05) is 158 Å².